The summed E-state index contributed by atoms with van der Waals surface area (Å²) in [6.07, 6.45) is 0. The Morgan fingerprint density at radius 3 is 2.78 bits per heavy atom. The molecule has 18 heavy (non-hydrogen) atoms. The Morgan fingerprint density at radius 1 is 1.33 bits per heavy atom. The van der Waals surface area contributed by atoms with Gasteiger partial charge in [-0.2, -0.15) is 0 Å². The quantitative estimate of drug-likeness (QED) is 0.659. The Labute approximate surface area is 110 Å². The first-order valence-electron chi connectivity index (χ1n) is 5.32. The van der Waals surface area contributed by atoms with Crippen LogP contribution in [0.5, 0.6) is 11.6 Å². The van der Waals surface area contributed by atoms with E-state index < -0.39 is 0 Å². The minimum absolute atomic E-state index is 0.0901. The minimum atomic E-state index is -0.0901. The van der Waals surface area contributed by atoms with Crippen LogP contribution < -0.4 is 10.5 Å². The van der Waals surface area contributed by atoms with Crippen LogP contribution in [0.3, 0.4) is 0 Å². The molecule has 0 saturated heterocycles. The summed E-state index contributed by atoms with van der Waals surface area (Å²) in [5.74, 6) is 0.947. The first kappa shape index (κ1) is 12.4. The number of pyridine rings is 1. The van der Waals surface area contributed by atoms with Crippen LogP contribution in [0, 0.1) is 12.3 Å². The third-order valence-corrected chi connectivity index (χ3v) is 2.78. The lowest BCUT2D eigenvalue weighted by atomic mass is 10.2. The van der Waals surface area contributed by atoms with E-state index in [1.807, 2.05) is 13.0 Å². The number of aryl methyl sites for hydroxylation is 1. The Bertz CT molecular complexity index is 599. The van der Waals surface area contributed by atoms with Crippen molar-refractivity contribution < 1.29 is 4.74 Å². The van der Waals surface area contributed by atoms with Crippen molar-refractivity contribution >= 4 is 17.4 Å². The van der Waals surface area contributed by atoms with Gasteiger partial charge in [-0.3, -0.25) is 5.41 Å². The molecule has 0 spiro atoms. The lowest BCUT2D eigenvalue weighted by Gasteiger charge is -2.07. The highest BCUT2D eigenvalue weighted by molar-refractivity contribution is 6.31. The molecule has 0 radical (unpaired) electrons. The monoisotopic (exact) mass is 261 g/mol. The van der Waals surface area contributed by atoms with E-state index in [2.05, 4.69) is 4.98 Å². The number of nitrogens with zero attached hydrogens (tertiary/aromatic N) is 1. The molecule has 0 saturated carbocycles. The van der Waals surface area contributed by atoms with Gasteiger partial charge in [-0.1, -0.05) is 17.7 Å². The molecule has 0 unspecified atom stereocenters. The normalized spacial score (nSPS) is 10.1. The summed E-state index contributed by atoms with van der Waals surface area (Å²) in [4.78, 5) is 4.11. The summed E-state index contributed by atoms with van der Waals surface area (Å²) in [7, 11) is 0. The van der Waals surface area contributed by atoms with Gasteiger partial charge in [0.1, 0.15) is 17.3 Å². The summed E-state index contributed by atoms with van der Waals surface area (Å²) < 4.78 is 5.58. The highest BCUT2D eigenvalue weighted by Gasteiger charge is 2.04. The van der Waals surface area contributed by atoms with Gasteiger partial charge in [0.25, 0.3) is 0 Å². The fourth-order valence-corrected chi connectivity index (χ4v) is 1.54. The standard InChI is InChI=1S/C13H12ClN3O/c1-8-7-9(5-6-10(8)14)18-12-4-2-3-11(17-12)13(15)16/h2-7H,1H3,(H3,15,16). The van der Waals surface area contributed by atoms with Gasteiger partial charge in [0.15, 0.2) is 0 Å². The van der Waals surface area contributed by atoms with Gasteiger partial charge in [-0.15, -0.1) is 0 Å². The third-order valence-electron chi connectivity index (χ3n) is 2.35. The molecule has 0 amide bonds. The molecule has 92 valence electrons. The van der Waals surface area contributed by atoms with Crippen LogP contribution in [-0.2, 0) is 0 Å². The zero-order valence-corrected chi connectivity index (χ0v) is 10.5. The molecule has 2 aromatic rings. The highest BCUT2D eigenvalue weighted by Crippen LogP contribution is 2.24. The first-order chi connectivity index (χ1) is 8.56. The van der Waals surface area contributed by atoms with Crippen LogP contribution >= 0.6 is 11.6 Å². The number of halogens is 1. The van der Waals surface area contributed by atoms with Gasteiger partial charge in [0.2, 0.25) is 5.88 Å². The Balaban J connectivity index is 2.25. The smallest absolute Gasteiger partial charge is 0.219 e. The molecule has 0 aliphatic heterocycles. The van der Waals surface area contributed by atoms with Crippen LogP contribution in [0.4, 0.5) is 0 Å². The van der Waals surface area contributed by atoms with Crippen molar-refractivity contribution in [2.45, 2.75) is 6.92 Å². The number of ether oxygens (including phenoxy) is 1. The van der Waals surface area contributed by atoms with Gasteiger partial charge in [0.05, 0.1) is 0 Å². The van der Waals surface area contributed by atoms with Crippen molar-refractivity contribution in [3.05, 3.63) is 52.7 Å². The van der Waals surface area contributed by atoms with E-state index in [9.17, 15) is 0 Å². The number of amidine groups is 1. The molecule has 1 heterocycles. The maximum absolute atomic E-state index is 7.32. The van der Waals surface area contributed by atoms with Crippen LogP contribution in [0.25, 0.3) is 0 Å². The van der Waals surface area contributed by atoms with Crippen molar-refractivity contribution in [1.82, 2.24) is 4.98 Å². The van der Waals surface area contributed by atoms with Crippen LogP contribution in [0.15, 0.2) is 36.4 Å². The van der Waals surface area contributed by atoms with Gasteiger partial charge >= 0.3 is 0 Å². The number of nitrogens with two attached hydrogens (primary N) is 1. The number of hydrogen-bond donors (Lipinski definition) is 2. The highest BCUT2D eigenvalue weighted by atomic mass is 35.5. The zero-order chi connectivity index (χ0) is 13.1. The molecule has 3 N–H and O–H groups in total. The van der Waals surface area contributed by atoms with E-state index >= 15 is 0 Å². The maximum atomic E-state index is 7.32. The largest absolute Gasteiger partial charge is 0.439 e. The molecule has 0 bridgehead atoms. The van der Waals surface area contributed by atoms with Gasteiger partial charge in [0, 0.05) is 11.1 Å². The predicted octanol–water partition coefficient (Wildman–Crippen LogP) is 3.12. The zero-order valence-electron chi connectivity index (χ0n) is 9.77. The summed E-state index contributed by atoms with van der Waals surface area (Å²) in [5, 5.41) is 8.00. The summed E-state index contributed by atoms with van der Waals surface area (Å²) in [6, 6.07) is 10.4. The van der Waals surface area contributed by atoms with Gasteiger partial charge in [-0.25, -0.2) is 4.98 Å². The Hall–Kier alpha value is -2.07. The van der Waals surface area contributed by atoms with E-state index in [1.165, 1.54) is 0 Å². The average Bonchev–Trinajstić information content (AvgIpc) is 2.34. The molecule has 5 heteroatoms. The first-order valence-corrected chi connectivity index (χ1v) is 5.69. The molecule has 0 fully saturated rings. The van der Waals surface area contributed by atoms with E-state index in [4.69, 9.17) is 27.5 Å². The maximum Gasteiger partial charge on any atom is 0.219 e. The van der Waals surface area contributed by atoms with Gasteiger partial charge < -0.3 is 10.5 Å². The molecular formula is C13H12ClN3O. The number of aromatic nitrogens is 1. The number of nitrogens with one attached hydrogen (secondary N) is 1. The van der Waals surface area contributed by atoms with Crippen LogP contribution in [0.2, 0.25) is 5.02 Å². The van der Waals surface area contributed by atoms with Crippen molar-refractivity contribution in [2.24, 2.45) is 5.73 Å². The predicted molar refractivity (Wildman–Crippen MR) is 71.5 cm³/mol. The lowest BCUT2D eigenvalue weighted by Crippen LogP contribution is -2.13. The lowest BCUT2D eigenvalue weighted by molar-refractivity contribution is 0.462. The molecule has 0 atom stereocenters. The summed E-state index contributed by atoms with van der Waals surface area (Å²) >= 11 is 5.93. The molecule has 0 aliphatic carbocycles. The number of nitrogen functional groups attached to an aromatic ring is 1. The topological polar surface area (TPSA) is 72.0 Å². The fourth-order valence-electron chi connectivity index (χ4n) is 1.42. The second kappa shape index (κ2) is 5.06. The minimum Gasteiger partial charge on any atom is -0.439 e. The van der Waals surface area contributed by atoms with Crippen molar-refractivity contribution in [2.75, 3.05) is 0 Å². The van der Waals surface area contributed by atoms with Crippen molar-refractivity contribution in [1.29, 1.82) is 5.41 Å². The third kappa shape index (κ3) is 2.78. The second-order valence-corrected chi connectivity index (χ2v) is 4.19. The molecular weight excluding hydrogens is 250 g/mol. The van der Waals surface area contributed by atoms with E-state index in [0.717, 1.165) is 5.56 Å². The second-order valence-electron chi connectivity index (χ2n) is 3.79. The molecule has 1 aromatic heterocycles. The molecule has 2 rings (SSSR count). The Morgan fingerprint density at radius 2 is 2.11 bits per heavy atom. The van der Waals surface area contributed by atoms with Crippen LogP contribution in [-0.4, -0.2) is 10.8 Å². The molecule has 0 aliphatic rings. The molecule has 1 aromatic carbocycles. The molecule has 4 nitrogen and oxygen atoms in total. The average molecular weight is 262 g/mol. The Kier molecular flexibility index (Phi) is 3.48. The summed E-state index contributed by atoms with van der Waals surface area (Å²) in [6.45, 7) is 1.90. The number of hydrogen-bond acceptors (Lipinski definition) is 3. The SMILES string of the molecule is Cc1cc(Oc2cccc(C(=N)N)n2)ccc1Cl. The van der Waals surface area contributed by atoms with E-state index in [1.54, 1.807) is 30.3 Å². The van der Waals surface area contributed by atoms with Crippen LogP contribution in [0.1, 0.15) is 11.3 Å². The van der Waals surface area contributed by atoms with E-state index in [0.29, 0.717) is 22.3 Å². The number of benzene rings is 1. The van der Waals surface area contributed by atoms with Crippen molar-refractivity contribution in [3.8, 4) is 11.6 Å². The fraction of sp³-hybridized carbons (Fsp3) is 0.0769. The van der Waals surface area contributed by atoms with Gasteiger partial charge in [-0.05, 0) is 36.8 Å². The number of rotatable bonds is 3. The van der Waals surface area contributed by atoms with E-state index in [-0.39, 0.29) is 5.84 Å². The van der Waals surface area contributed by atoms with Crippen molar-refractivity contribution in [3.63, 3.8) is 0 Å². The summed E-state index contributed by atoms with van der Waals surface area (Å²) in [5.41, 5.74) is 6.68.